The average Bonchev–Trinajstić information content (AvgIpc) is 2.89. The van der Waals surface area contributed by atoms with Crippen molar-refractivity contribution < 1.29 is 4.74 Å². The smallest absolute Gasteiger partial charge is 0.183 e. The van der Waals surface area contributed by atoms with Crippen LogP contribution in [0, 0.1) is 6.92 Å². The van der Waals surface area contributed by atoms with Gasteiger partial charge < -0.3 is 15.4 Å². The lowest BCUT2D eigenvalue weighted by molar-refractivity contribution is 0.0689. The third-order valence-electron chi connectivity index (χ3n) is 3.23. The Morgan fingerprint density at radius 3 is 2.81 bits per heavy atom. The predicted molar refractivity (Wildman–Crippen MR) is 81.5 cm³/mol. The molecule has 2 aliphatic rings. The quantitative estimate of drug-likeness (QED) is 0.755. The molecule has 0 atom stereocenters. The number of hydrogen-bond acceptors (Lipinski definition) is 8. The van der Waals surface area contributed by atoms with Crippen LogP contribution in [0.5, 0.6) is 0 Å². The van der Waals surface area contributed by atoms with Gasteiger partial charge in [-0.2, -0.15) is 5.10 Å². The zero-order chi connectivity index (χ0) is 14.7. The molecule has 3 N–H and O–H groups in total. The van der Waals surface area contributed by atoms with Crippen molar-refractivity contribution in [2.45, 2.75) is 6.92 Å². The van der Waals surface area contributed by atoms with Crippen molar-refractivity contribution in [2.75, 3.05) is 31.7 Å². The number of aromatic nitrogens is 1. The first-order valence-electron chi connectivity index (χ1n) is 6.75. The molecule has 3 rings (SSSR count). The topological polar surface area (TPSA) is 100 Å². The Morgan fingerprint density at radius 1 is 1.29 bits per heavy atom. The summed E-state index contributed by atoms with van der Waals surface area (Å²) >= 11 is 0. The number of ether oxygens (including phenoxy) is 1. The minimum absolute atomic E-state index is 0.309. The van der Waals surface area contributed by atoms with Crippen molar-refractivity contribution in [2.24, 2.45) is 21.0 Å². The largest absolute Gasteiger partial charge is 0.380 e. The van der Waals surface area contributed by atoms with Gasteiger partial charge in [-0.1, -0.05) is 0 Å². The summed E-state index contributed by atoms with van der Waals surface area (Å²) in [6, 6.07) is 3.81. The highest BCUT2D eigenvalue weighted by atomic mass is 16.5. The lowest BCUT2D eigenvalue weighted by Gasteiger charge is -2.28. The van der Waals surface area contributed by atoms with Gasteiger partial charge in [0.25, 0.3) is 0 Å². The van der Waals surface area contributed by atoms with Crippen LogP contribution in [0.3, 0.4) is 0 Å². The molecule has 0 spiro atoms. The van der Waals surface area contributed by atoms with Crippen LogP contribution in [0.25, 0.3) is 0 Å². The van der Waals surface area contributed by atoms with E-state index in [4.69, 9.17) is 10.5 Å². The highest BCUT2D eigenvalue weighted by Crippen LogP contribution is 2.09. The number of hydrazone groups is 1. The van der Waals surface area contributed by atoms with Gasteiger partial charge in [-0.25, -0.2) is 0 Å². The van der Waals surface area contributed by atoms with Gasteiger partial charge in [0, 0.05) is 18.8 Å². The lowest BCUT2D eigenvalue weighted by Crippen LogP contribution is -2.46. The predicted octanol–water partition coefficient (Wildman–Crippen LogP) is 0.174. The molecule has 0 radical (unpaired) electrons. The van der Waals surface area contributed by atoms with Gasteiger partial charge in [0.1, 0.15) is 0 Å². The first-order valence-corrected chi connectivity index (χ1v) is 6.75. The molecule has 0 aliphatic carbocycles. The van der Waals surface area contributed by atoms with Crippen LogP contribution >= 0.6 is 0 Å². The number of nitrogens with one attached hydrogen (secondary N) is 1. The van der Waals surface area contributed by atoms with Crippen LogP contribution < -0.4 is 11.2 Å². The Kier molecular flexibility index (Phi) is 3.78. The number of rotatable bonds is 2. The van der Waals surface area contributed by atoms with Crippen LogP contribution in [0.15, 0.2) is 33.6 Å². The molecule has 8 nitrogen and oxygen atoms in total. The maximum Gasteiger partial charge on any atom is 0.183 e. The number of amidine groups is 2. The van der Waals surface area contributed by atoms with Gasteiger partial charge in [0.05, 0.1) is 25.1 Å². The third kappa shape index (κ3) is 3.00. The number of nitrogens with two attached hydrogens (primary N) is 1. The number of morpholine rings is 1. The SMILES string of the molecule is Cc1ccc(N/N=C2/C(N)=NN=C2N2CCOCC2)cn1. The normalized spacial score (nSPS) is 20.4. The van der Waals surface area contributed by atoms with Crippen molar-refractivity contribution in [1.82, 2.24) is 9.88 Å². The molecule has 0 aromatic carbocycles. The number of aryl methyl sites for hydroxylation is 1. The fraction of sp³-hybridized carbons (Fsp3) is 0.385. The molecule has 3 heterocycles. The van der Waals surface area contributed by atoms with Crippen LogP contribution in [-0.2, 0) is 4.74 Å². The standard InChI is InChI=1S/C13H17N7O/c1-9-2-3-10(8-15-9)16-17-11-12(14)18-19-13(11)20-4-6-21-7-5-20/h2-3,8,16H,4-7H2,1H3,(H2,14,17,18). The summed E-state index contributed by atoms with van der Waals surface area (Å²) in [4.78, 5) is 6.27. The molecule has 21 heavy (non-hydrogen) atoms. The molecule has 1 fully saturated rings. The molecule has 0 bridgehead atoms. The van der Waals surface area contributed by atoms with Gasteiger partial charge in [-0.15, -0.1) is 10.2 Å². The first-order chi connectivity index (χ1) is 10.2. The molecule has 1 saturated heterocycles. The minimum atomic E-state index is 0.309. The Labute approximate surface area is 122 Å². The fourth-order valence-corrected chi connectivity index (χ4v) is 2.06. The van der Waals surface area contributed by atoms with Crippen molar-refractivity contribution in [1.29, 1.82) is 0 Å². The van der Waals surface area contributed by atoms with Crippen molar-refractivity contribution >= 4 is 23.1 Å². The van der Waals surface area contributed by atoms with Crippen LogP contribution in [0.2, 0.25) is 0 Å². The van der Waals surface area contributed by atoms with Crippen LogP contribution in [0.4, 0.5) is 5.69 Å². The molecule has 1 aromatic rings. The van der Waals surface area contributed by atoms with Crippen LogP contribution in [-0.4, -0.2) is 53.6 Å². The minimum Gasteiger partial charge on any atom is -0.380 e. The van der Waals surface area contributed by atoms with Gasteiger partial charge in [0.2, 0.25) is 0 Å². The molecule has 8 heteroatoms. The monoisotopic (exact) mass is 287 g/mol. The van der Waals surface area contributed by atoms with Gasteiger partial charge >= 0.3 is 0 Å². The van der Waals surface area contributed by atoms with E-state index in [2.05, 4.69) is 30.6 Å². The molecular weight excluding hydrogens is 270 g/mol. The summed E-state index contributed by atoms with van der Waals surface area (Å²) in [6.45, 7) is 4.78. The summed E-state index contributed by atoms with van der Waals surface area (Å²) in [7, 11) is 0. The highest BCUT2D eigenvalue weighted by molar-refractivity contribution is 6.68. The van der Waals surface area contributed by atoms with E-state index < -0.39 is 0 Å². The van der Waals surface area contributed by atoms with E-state index in [9.17, 15) is 0 Å². The van der Waals surface area contributed by atoms with E-state index >= 15 is 0 Å². The average molecular weight is 287 g/mol. The summed E-state index contributed by atoms with van der Waals surface area (Å²) in [5.74, 6) is 0.993. The van der Waals surface area contributed by atoms with Crippen LogP contribution in [0.1, 0.15) is 5.69 Å². The van der Waals surface area contributed by atoms with E-state index in [0.29, 0.717) is 30.6 Å². The summed E-state index contributed by atoms with van der Waals surface area (Å²) < 4.78 is 5.33. The number of pyridine rings is 1. The summed E-state index contributed by atoms with van der Waals surface area (Å²) in [5.41, 5.74) is 11.1. The van der Waals surface area contributed by atoms with E-state index in [1.807, 2.05) is 19.1 Å². The van der Waals surface area contributed by atoms with E-state index in [0.717, 1.165) is 24.5 Å². The number of nitrogens with zero attached hydrogens (tertiary/aromatic N) is 5. The maximum atomic E-state index is 5.86. The highest BCUT2D eigenvalue weighted by Gasteiger charge is 2.26. The Bertz CT molecular complexity index is 599. The molecule has 0 saturated carbocycles. The summed E-state index contributed by atoms with van der Waals surface area (Å²) in [5, 5.41) is 12.3. The zero-order valence-corrected chi connectivity index (χ0v) is 11.8. The van der Waals surface area contributed by atoms with Gasteiger partial charge in [0.15, 0.2) is 17.4 Å². The van der Waals surface area contributed by atoms with Gasteiger partial charge in [-0.3, -0.25) is 10.4 Å². The van der Waals surface area contributed by atoms with E-state index in [1.165, 1.54) is 0 Å². The van der Waals surface area contributed by atoms with Crippen molar-refractivity contribution in [3.63, 3.8) is 0 Å². The van der Waals surface area contributed by atoms with Crippen molar-refractivity contribution in [3.05, 3.63) is 24.0 Å². The first kappa shape index (κ1) is 13.5. The fourth-order valence-electron chi connectivity index (χ4n) is 2.06. The number of hydrogen-bond donors (Lipinski definition) is 2. The molecule has 2 aliphatic heterocycles. The molecule has 1 aromatic heterocycles. The second-order valence-corrected chi connectivity index (χ2v) is 4.77. The second-order valence-electron chi connectivity index (χ2n) is 4.77. The molecule has 0 unspecified atom stereocenters. The Morgan fingerprint density at radius 2 is 2.10 bits per heavy atom. The van der Waals surface area contributed by atoms with Crippen molar-refractivity contribution in [3.8, 4) is 0 Å². The maximum absolute atomic E-state index is 5.86. The van der Waals surface area contributed by atoms with E-state index in [-0.39, 0.29) is 0 Å². The molecule has 110 valence electrons. The molecule has 0 amide bonds. The Hall–Kier alpha value is -2.48. The van der Waals surface area contributed by atoms with E-state index in [1.54, 1.807) is 6.20 Å². The summed E-state index contributed by atoms with van der Waals surface area (Å²) in [6.07, 6.45) is 1.72. The molecular formula is C13H17N7O. The third-order valence-corrected chi connectivity index (χ3v) is 3.23. The second kappa shape index (κ2) is 5.88. The zero-order valence-electron chi connectivity index (χ0n) is 11.8. The van der Waals surface area contributed by atoms with Gasteiger partial charge in [-0.05, 0) is 19.1 Å². The number of anilines is 1. The Balaban J connectivity index is 1.74. The lowest BCUT2D eigenvalue weighted by atomic mass is 10.2.